The molecular weight excluding hydrogens is 338 g/mol. The molecule has 0 bridgehead atoms. The van der Waals surface area contributed by atoms with Gasteiger partial charge in [0, 0.05) is 28.8 Å². The van der Waals surface area contributed by atoms with Crippen molar-refractivity contribution in [3.05, 3.63) is 56.7 Å². The predicted octanol–water partition coefficient (Wildman–Crippen LogP) is 3.83. The summed E-state index contributed by atoms with van der Waals surface area (Å²) in [5, 5.41) is 14.2. The van der Waals surface area contributed by atoms with E-state index in [9.17, 15) is 10.1 Å². The molecule has 6 nitrogen and oxygen atoms in total. The Kier molecular flexibility index (Phi) is 4.87. The van der Waals surface area contributed by atoms with Crippen molar-refractivity contribution in [2.75, 3.05) is 7.05 Å². The quantitative estimate of drug-likeness (QED) is 0.654. The van der Waals surface area contributed by atoms with Crippen LogP contribution in [0.5, 0.6) is 11.6 Å². The van der Waals surface area contributed by atoms with Gasteiger partial charge in [-0.1, -0.05) is 15.9 Å². The highest BCUT2D eigenvalue weighted by Gasteiger charge is 2.17. The summed E-state index contributed by atoms with van der Waals surface area (Å²) < 4.78 is 6.18. The largest absolute Gasteiger partial charge is 0.432 e. The van der Waals surface area contributed by atoms with E-state index in [-0.39, 0.29) is 17.5 Å². The molecule has 1 unspecified atom stereocenters. The van der Waals surface area contributed by atoms with Crippen molar-refractivity contribution in [1.29, 1.82) is 0 Å². The van der Waals surface area contributed by atoms with Gasteiger partial charge >= 0.3 is 5.69 Å². The Labute approximate surface area is 130 Å². The molecule has 1 aromatic heterocycles. The lowest BCUT2D eigenvalue weighted by molar-refractivity contribution is -0.385. The second kappa shape index (κ2) is 6.64. The van der Waals surface area contributed by atoms with Gasteiger partial charge in [-0.05, 0) is 37.7 Å². The molecule has 21 heavy (non-hydrogen) atoms. The molecule has 1 aromatic carbocycles. The minimum atomic E-state index is -0.486. The summed E-state index contributed by atoms with van der Waals surface area (Å²) in [4.78, 5) is 14.7. The topological polar surface area (TPSA) is 77.3 Å². The third kappa shape index (κ3) is 3.77. The summed E-state index contributed by atoms with van der Waals surface area (Å²) in [6, 6.07) is 8.38. The minimum Gasteiger partial charge on any atom is -0.432 e. The molecule has 0 saturated heterocycles. The first-order chi connectivity index (χ1) is 10.0. The van der Waals surface area contributed by atoms with Crippen LogP contribution in [-0.4, -0.2) is 17.0 Å². The molecule has 0 spiro atoms. The Bertz CT molecular complexity index is 664. The Hall–Kier alpha value is -1.99. The van der Waals surface area contributed by atoms with E-state index in [1.54, 1.807) is 18.3 Å². The number of nitro benzene ring substituents is 1. The fourth-order valence-electron chi connectivity index (χ4n) is 1.75. The fraction of sp³-hybridized carbons (Fsp3) is 0.214. The number of halogens is 1. The molecule has 2 rings (SSSR count). The number of nitrogens with one attached hydrogen (secondary N) is 1. The van der Waals surface area contributed by atoms with Crippen LogP contribution in [0.2, 0.25) is 0 Å². The first-order valence-electron chi connectivity index (χ1n) is 6.26. The van der Waals surface area contributed by atoms with E-state index < -0.39 is 4.92 Å². The zero-order chi connectivity index (χ0) is 15.4. The van der Waals surface area contributed by atoms with Gasteiger partial charge in [-0.25, -0.2) is 4.98 Å². The Morgan fingerprint density at radius 3 is 2.81 bits per heavy atom. The standard InChI is InChI=1S/C14H14BrN3O3/c1-9(16-2)10-5-6-17-14(7-10)21-13-4-3-11(15)8-12(13)18(19)20/h3-9,16H,1-2H3. The van der Waals surface area contributed by atoms with Gasteiger partial charge in [-0.2, -0.15) is 0 Å². The van der Waals surface area contributed by atoms with Crippen LogP contribution >= 0.6 is 15.9 Å². The van der Waals surface area contributed by atoms with Crippen molar-refractivity contribution in [1.82, 2.24) is 10.3 Å². The second-order valence-corrected chi connectivity index (χ2v) is 5.32. The van der Waals surface area contributed by atoms with E-state index >= 15 is 0 Å². The summed E-state index contributed by atoms with van der Waals surface area (Å²) in [6.45, 7) is 2.00. The molecule has 0 amide bonds. The molecule has 0 aliphatic carbocycles. The number of aromatic nitrogens is 1. The smallest absolute Gasteiger partial charge is 0.312 e. The molecule has 0 radical (unpaired) electrons. The highest BCUT2D eigenvalue weighted by Crippen LogP contribution is 2.33. The highest BCUT2D eigenvalue weighted by molar-refractivity contribution is 9.10. The Balaban J connectivity index is 2.32. The van der Waals surface area contributed by atoms with Crippen molar-refractivity contribution >= 4 is 21.6 Å². The van der Waals surface area contributed by atoms with Gasteiger partial charge in [0.1, 0.15) is 0 Å². The van der Waals surface area contributed by atoms with Crippen LogP contribution in [-0.2, 0) is 0 Å². The van der Waals surface area contributed by atoms with Gasteiger partial charge in [0.2, 0.25) is 11.6 Å². The average molecular weight is 352 g/mol. The fourth-order valence-corrected chi connectivity index (χ4v) is 2.10. The molecule has 2 aromatic rings. The second-order valence-electron chi connectivity index (χ2n) is 4.41. The van der Waals surface area contributed by atoms with E-state index in [2.05, 4.69) is 26.2 Å². The van der Waals surface area contributed by atoms with Crippen molar-refractivity contribution in [2.24, 2.45) is 0 Å². The van der Waals surface area contributed by atoms with Crippen LogP contribution < -0.4 is 10.1 Å². The number of rotatable bonds is 5. The lowest BCUT2D eigenvalue weighted by Crippen LogP contribution is -2.12. The van der Waals surface area contributed by atoms with Gasteiger partial charge in [0.05, 0.1) is 4.92 Å². The summed E-state index contributed by atoms with van der Waals surface area (Å²) >= 11 is 3.21. The van der Waals surface area contributed by atoms with Gasteiger partial charge in [-0.3, -0.25) is 10.1 Å². The van der Waals surface area contributed by atoms with E-state index in [0.29, 0.717) is 10.4 Å². The molecule has 7 heteroatoms. The maximum atomic E-state index is 11.1. The van der Waals surface area contributed by atoms with Gasteiger partial charge in [0.15, 0.2) is 0 Å². The van der Waals surface area contributed by atoms with E-state index in [1.807, 2.05) is 20.0 Å². The predicted molar refractivity (Wildman–Crippen MR) is 82.6 cm³/mol. The lowest BCUT2D eigenvalue weighted by Gasteiger charge is -2.12. The monoisotopic (exact) mass is 351 g/mol. The number of nitro groups is 1. The first kappa shape index (κ1) is 15.4. The zero-order valence-electron chi connectivity index (χ0n) is 11.5. The number of benzene rings is 1. The number of nitrogens with zero attached hydrogens (tertiary/aromatic N) is 2. The van der Waals surface area contributed by atoms with Crippen LogP contribution in [0, 0.1) is 10.1 Å². The number of hydrogen-bond donors (Lipinski definition) is 1. The minimum absolute atomic E-state index is 0.113. The molecule has 1 atom stereocenters. The summed E-state index contributed by atoms with van der Waals surface area (Å²) in [7, 11) is 1.85. The van der Waals surface area contributed by atoms with E-state index in [4.69, 9.17) is 4.74 Å². The first-order valence-corrected chi connectivity index (χ1v) is 7.05. The third-order valence-corrected chi connectivity index (χ3v) is 3.52. The van der Waals surface area contributed by atoms with E-state index in [1.165, 1.54) is 12.1 Å². The Morgan fingerprint density at radius 1 is 1.38 bits per heavy atom. The van der Waals surface area contributed by atoms with Crippen LogP contribution in [0.25, 0.3) is 0 Å². The SMILES string of the molecule is CNC(C)c1ccnc(Oc2ccc(Br)cc2[N+](=O)[O-])c1. The number of ether oxygens (including phenoxy) is 1. The summed E-state index contributed by atoms with van der Waals surface area (Å²) in [6.07, 6.45) is 1.61. The molecule has 1 N–H and O–H groups in total. The summed E-state index contributed by atoms with van der Waals surface area (Å²) in [5.74, 6) is 0.477. The van der Waals surface area contributed by atoms with Crippen molar-refractivity contribution in [3.8, 4) is 11.6 Å². The number of pyridine rings is 1. The summed E-state index contributed by atoms with van der Waals surface area (Å²) in [5.41, 5.74) is 0.875. The van der Waals surface area contributed by atoms with E-state index in [0.717, 1.165) is 5.56 Å². The van der Waals surface area contributed by atoms with Gasteiger partial charge in [-0.15, -0.1) is 0 Å². The zero-order valence-corrected chi connectivity index (χ0v) is 13.1. The molecule has 0 saturated carbocycles. The molecular formula is C14H14BrN3O3. The maximum Gasteiger partial charge on any atom is 0.312 e. The van der Waals surface area contributed by atoms with Crippen LogP contribution in [0.15, 0.2) is 41.0 Å². The van der Waals surface area contributed by atoms with Crippen molar-refractivity contribution in [3.63, 3.8) is 0 Å². The average Bonchev–Trinajstić information content (AvgIpc) is 2.48. The molecule has 110 valence electrons. The van der Waals surface area contributed by atoms with Crippen molar-refractivity contribution < 1.29 is 9.66 Å². The van der Waals surface area contributed by atoms with Crippen molar-refractivity contribution in [2.45, 2.75) is 13.0 Å². The van der Waals surface area contributed by atoms with Crippen LogP contribution in [0.1, 0.15) is 18.5 Å². The van der Waals surface area contributed by atoms with Gasteiger partial charge < -0.3 is 10.1 Å². The maximum absolute atomic E-state index is 11.1. The molecule has 1 heterocycles. The van der Waals surface area contributed by atoms with Crippen LogP contribution in [0.3, 0.4) is 0 Å². The van der Waals surface area contributed by atoms with Gasteiger partial charge in [0.25, 0.3) is 0 Å². The highest BCUT2D eigenvalue weighted by atomic mass is 79.9. The third-order valence-electron chi connectivity index (χ3n) is 3.02. The number of hydrogen-bond acceptors (Lipinski definition) is 5. The molecule has 0 aliphatic heterocycles. The molecule has 0 aliphatic rings. The molecule has 0 fully saturated rings. The Morgan fingerprint density at radius 2 is 2.14 bits per heavy atom. The normalized spacial score (nSPS) is 12.0. The van der Waals surface area contributed by atoms with Crippen LogP contribution in [0.4, 0.5) is 5.69 Å². The lowest BCUT2D eigenvalue weighted by atomic mass is 10.1.